The van der Waals surface area contributed by atoms with Crippen molar-refractivity contribution in [3.63, 3.8) is 0 Å². The highest BCUT2D eigenvalue weighted by atomic mass is 79.9. The molecule has 18 heavy (non-hydrogen) atoms. The van der Waals surface area contributed by atoms with Crippen molar-refractivity contribution in [3.8, 4) is 0 Å². The second-order valence-electron chi connectivity index (χ2n) is 4.37. The predicted octanol–water partition coefficient (Wildman–Crippen LogP) is 4.96. The Labute approximate surface area is 121 Å². The summed E-state index contributed by atoms with van der Waals surface area (Å²) in [6.07, 6.45) is 0. The second-order valence-corrected chi connectivity index (χ2v) is 6.17. The van der Waals surface area contributed by atoms with E-state index in [0.717, 1.165) is 6.54 Å². The van der Waals surface area contributed by atoms with Gasteiger partial charge in [0.05, 0.1) is 0 Å². The number of nitrogens with one attached hydrogen (secondary N) is 1. The van der Waals surface area contributed by atoms with Gasteiger partial charge in [-0.05, 0) is 39.5 Å². The highest BCUT2D eigenvalue weighted by molar-refractivity contribution is 9.10. The number of thiophene rings is 1. The lowest BCUT2D eigenvalue weighted by molar-refractivity contribution is 0.485. The molecule has 0 saturated heterocycles. The molecule has 2 atom stereocenters. The van der Waals surface area contributed by atoms with Gasteiger partial charge in [-0.3, -0.25) is 0 Å². The quantitative estimate of drug-likeness (QED) is 0.819. The molecular formula is C15H18BrNS. The summed E-state index contributed by atoms with van der Waals surface area (Å²) in [6.45, 7) is 5.42. The first-order valence-electron chi connectivity index (χ1n) is 6.25. The summed E-state index contributed by atoms with van der Waals surface area (Å²) in [7, 11) is 0. The fraction of sp³-hybridized carbons (Fsp3) is 0.333. The fourth-order valence-corrected chi connectivity index (χ4v) is 3.99. The summed E-state index contributed by atoms with van der Waals surface area (Å²) in [5.74, 6) is 0.459. The van der Waals surface area contributed by atoms with Crippen molar-refractivity contribution < 1.29 is 0 Å². The van der Waals surface area contributed by atoms with E-state index in [1.807, 2.05) is 11.3 Å². The van der Waals surface area contributed by atoms with Crippen molar-refractivity contribution in [3.05, 3.63) is 56.7 Å². The smallest absolute Gasteiger partial charge is 0.0493 e. The third-order valence-electron chi connectivity index (χ3n) is 3.18. The highest BCUT2D eigenvalue weighted by Gasteiger charge is 2.22. The first kappa shape index (κ1) is 13.8. The van der Waals surface area contributed by atoms with E-state index in [0.29, 0.717) is 12.0 Å². The lowest BCUT2D eigenvalue weighted by Gasteiger charge is -2.25. The normalized spacial score (nSPS) is 14.4. The lowest BCUT2D eigenvalue weighted by atomic mass is 9.92. The molecule has 1 aromatic carbocycles. The maximum atomic E-state index is 3.65. The van der Waals surface area contributed by atoms with Crippen LogP contribution in [-0.2, 0) is 0 Å². The summed E-state index contributed by atoms with van der Waals surface area (Å²) in [4.78, 5) is 1.38. The van der Waals surface area contributed by atoms with Crippen molar-refractivity contribution >= 4 is 27.3 Å². The molecule has 1 nitrogen and oxygen atoms in total. The third-order valence-corrected chi connectivity index (χ3v) is 5.13. The molecule has 2 unspecified atom stereocenters. The van der Waals surface area contributed by atoms with Crippen molar-refractivity contribution in [2.24, 2.45) is 0 Å². The molecule has 3 heteroatoms. The molecular weight excluding hydrogens is 306 g/mol. The summed E-state index contributed by atoms with van der Waals surface area (Å²) >= 11 is 5.46. The molecule has 2 rings (SSSR count). The summed E-state index contributed by atoms with van der Waals surface area (Å²) in [5, 5.41) is 5.74. The van der Waals surface area contributed by atoms with Gasteiger partial charge in [0.1, 0.15) is 0 Å². The van der Waals surface area contributed by atoms with E-state index in [1.165, 1.54) is 14.9 Å². The second kappa shape index (κ2) is 6.50. The Morgan fingerprint density at radius 2 is 1.94 bits per heavy atom. The van der Waals surface area contributed by atoms with E-state index in [9.17, 15) is 0 Å². The van der Waals surface area contributed by atoms with Gasteiger partial charge in [0, 0.05) is 21.3 Å². The van der Waals surface area contributed by atoms with Gasteiger partial charge in [-0.1, -0.05) is 44.2 Å². The summed E-state index contributed by atoms with van der Waals surface area (Å²) in [6, 6.07) is 13.2. The monoisotopic (exact) mass is 323 g/mol. The van der Waals surface area contributed by atoms with E-state index >= 15 is 0 Å². The number of likely N-dealkylation sites (N-methyl/N-ethyl adjacent to an activating group) is 1. The molecule has 0 radical (unpaired) electrons. The lowest BCUT2D eigenvalue weighted by Crippen LogP contribution is -2.25. The van der Waals surface area contributed by atoms with E-state index in [-0.39, 0.29) is 0 Å². The minimum atomic E-state index is 0.367. The maximum absolute atomic E-state index is 3.65. The average Bonchev–Trinajstić information content (AvgIpc) is 2.82. The van der Waals surface area contributed by atoms with Crippen LogP contribution < -0.4 is 5.32 Å². The van der Waals surface area contributed by atoms with Crippen LogP contribution in [0.1, 0.15) is 36.2 Å². The van der Waals surface area contributed by atoms with E-state index in [4.69, 9.17) is 0 Å². The minimum Gasteiger partial charge on any atom is -0.309 e. The van der Waals surface area contributed by atoms with E-state index < -0.39 is 0 Å². The van der Waals surface area contributed by atoms with E-state index in [2.05, 4.69) is 76.9 Å². The Hall–Kier alpha value is -0.640. The standard InChI is InChI=1S/C15H18BrNS/c1-3-17-14(15-13(16)9-10-18-15)11(2)12-7-5-4-6-8-12/h4-11,14,17H,3H2,1-2H3. The van der Waals surface area contributed by atoms with Crippen LogP contribution in [0.25, 0.3) is 0 Å². The number of rotatable bonds is 5. The third kappa shape index (κ3) is 3.02. The molecule has 0 amide bonds. The SMILES string of the molecule is CCNC(c1sccc1Br)C(C)c1ccccc1. The van der Waals surface area contributed by atoms with Crippen molar-refractivity contribution in [1.29, 1.82) is 0 Å². The molecule has 1 aromatic heterocycles. The zero-order valence-corrected chi connectivity index (χ0v) is 13.1. The van der Waals surface area contributed by atoms with Crippen molar-refractivity contribution in [2.75, 3.05) is 6.54 Å². The summed E-state index contributed by atoms with van der Waals surface area (Å²) in [5.41, 5.74) is 1.38. The zero-order chi connectivity index (χ0) is 13.0. The molecule has 0 aliphatic carbocycles. The van der Waals surface area contributed by atoms with Gasteiger partial charge in [0.15, 0.2) is 0 Å². The first-order valence-corrected chi connectivity index (χ1v) is 7.92. The number of halogens is 1. The molecule has 96 valence electrons. The van der Waals surface area contributed by atoms with Gasteiger partial charge in [0.25, 0.3) is 0 Å². The molecule has 0 aliphatic heterocycles. The molecule has 0 spiro atoms. The Bertz CT molecular complexity index is 480. The molecule has 1 N–H and O–H groups in total. The fourth-order valence-electron chi connectivity index (χ4n) is 2.19. The Balaban J connectivity index is 2.28. The number of benzene rings is 1. The van der Waals surface area contributed by atoms with Crippen molar-refractivity contribution in [2.45, 2.75) is 25.8 Å². The van der Waals surface area contributed by atoms with Gasteiger partial charge >= 0.3 is 0 Å². The largest absolute Gasteiger partial charge is 0.309 e. The van der Waals surface area contributed by atoms with Gasteiger partial charge in [-0.2, -0.15) is 0 Å². The van der Waals surface area contributed by atoms with Crippen LogP contribution in [0.15, 0.2) is 46.3 Å². The average molecular weight is 324 g/mol. The number of hydrogen-bond acceptors (Lipinski definition) is 2. The van der Waals surface area contributed by atoms with Crippen molar-refractivity contribution in [1.82, 2.24) is 5.32 Å². The Morgan fingerprint density at radius 1 is 1.22 bits per heavy atom. The molecule has 0 aliphatic rings. The zero-order valence-electron chi connectivity index (χ0n) is 10.7. The Kier molecular flexibility index (Phi) is 4.98. The highest BCUT2D eigenvalue weighted by Crippen LogP contribution is 2.37. The molecule has 0 bridgehead atoms. The van der Waals surface area contributed by atoms with Crippen LogP contribution in [0.5, 0.6) is 0 Å². The Morgan fingerprint density at radius 3 is 2.50 bits per heavy atom. The van der Waals surface area contributed by atoms with Gasteiger partial charge < -0.3 is 5.32 Å². The van der Waals surface area contributed by atoms with Crippen LogP contribution in [0, 0.1) is 0 Å². The van der Waals surface area contributed by atoms with Gasteiger partial charge in [-0.25, -0.2) is 0 Å². The first-order chi connectivity index (χ1) is 8.74. The van der Waals surface area contributed by atoms with E-state index in [1.54, 1.807) is 0 Å². The predicted molar refractivity (Wildman–Crippen MR) is 83.3 cm³/mol. The molecule has 0 fully saturated rings. The molecule has 2 aromatic rings. The molecule has 1 heterocycles. The van der Waals surface area contributed by atoms with Crippen LogP contribution in [0.4, 0.5) is 0 Å². The maximum Gasteiger partial charge on any atom is 0.0493 e. The van der Waals surface area contributed by atoms with Crippen LogP contribution in [-0.4, -0.2) is 6.54 Å². The van der Waals surface area contributed by atoms with Crippen LogP contribution in [0.2, 0.25) is 0 Å². The summed E-state index contributed by atoms with van der Waals surface area (Å²) < 4.78 is 1.21. The molecule has 0 saturated carbocycles. The van der Waals surface area contributed by atoms with Crippen LogP contribution >= 0.6 is 27.3 Å². The van der Waals surface area contributed by atoms with Gasteiger partial charge in [-0.15, -0.1) is 11.3 Å². The topological polar surface area (TPSA) is 12.0 Å². The van der Waals surface area contributed by atoms with Gasteiger partial charge in [0.2, 0.25) is 0 Å². The number of hydrogen-bond donors (Lipinski definition) is 1. The van der Waals surface area contributed by atoms with Crippen LogP contribution in [0.3, 0.4) is 0 Å². The minimum absolute atomic E-state index is 0.367.